The lowest BCUT2D eigenvalue weighted by atomic mass is 9.77. The fourth-order valence-electron chi connectivity index (χ4n) is 5.40. The van der Waals surface area contributed by atoms with Gasteiger partial charge in [0.25, 0.3) is 0 Å². The minimum atomic E-state index is 0.0199. The van der Waals surface area contributed by atoms with Gasteiger partial charge >= 0.3 is 0 Å². The first-order valence-corrected chi connectivity index (χ1v) is 10.3. The van der Waals surface area contributed by atoms with Gasteiger partial charge in [-0.15, -0.1) is 0 Å². The normalized spacial score (nSPS) is 29.4. The van der Waals surface area contributed by atoms with E-state index in [4.69, 9.17) is 0 Å². The Kier molecular flexibility index (Phi) is 4.44. The number of carbonyl (C=O) groups is 1. The van der Waals surface area contributed by atoms with Gasteiger partial charge in [0.05, 0.1) is 6.04 Å². The van der Waals surface area contributed by atoms with Gasteiger partial charge in [0.1, 0.15) is 0 Å². The summed E-state index contributed by atoms with van der Waals surface area (Å²) >= 11 is 0. The molecule has 4 nitrogen and oxygen atoms in total. The summed E-state index contributed by atoms with van der Waals surface area (Å²) in [7, 11) is 0. The first kappa shape index (κ1) is 16.9. The van der Waals surface area contributed by atoms with Crippen LogP contribution >= 0.6 is 0 Å². The van der Waals surface area contributed by atoms with Crippen LogP contribution in [0.4, 0.5) is 0 Å². The van der Waals surface area contributed by atoms with E-state index in [1.165, 1.54) is 42.6 Å². The van der Waals surface area contributed by atoms with Crippen molar-refractivity contribution < 1.29 is 4.79 Å². The summed E-state index contributed by atoms with van der Waals surface area (Å²) in [6, 6.07) is 12.7. The maximum atomic E-state index is 13.4. The molecule has 6 rings (SSSR count). The molecule has 0 saturated carbocycles. The van der Waals surface area contributed by atoms with Crippen LogP contribution in [0, 0.1) is 11.8 Å². The molecule has 140 valence electrons. The molecule has 2 atom stereocenters. The summed E-state index contributed by atoms with van der Waals surface area (Å²) in [6.45, 7) is 4.38. The second kappa shape index (κ2) is 7.08. The maximum Gasteiger partial charge on any atom is 0.223 e. The van der Waals surface area contributed by atoms with Crippen molar-refractivity contribution in [3.8, 4) is 0 Å². The second-order valence-electron chi connectivity index (χ2n) is 8.32. The third-order valence-electron chi connectivity index (χ3n) is 6.85. The first-order chi connectivity index (χ1) is 13.3. The number of aromatic nitrogens is 1. The molecule has 0 N–H and O–H groups in total. The molecule has 0 unspecified atom stereocenters. The molecule has 0 radical (unpaired) electrons. The molecule has 4 aliphatic rings. The SMILES string of the molecule is O=C(C[C@@H]1CN2CCC1CC2)N1CCc2ccccc2[C@@H]1c1ccncc1. The van der Waals surface area contributed by atoms with Crippen LogP contribution in [0.5, 0.6) is 0 Å². The van der Waals surface area contributed by atoms with Crippen molar-refractivity contribution in [1.82, 2.24) is 14.8 Å². The van der Waals surface area contributed by atoms with E-state index in [2.05, 4.69) is 51.2 Å². The number of pyridine rings is 1. The van der Waals surface area contributed by atoms with Crippen molar-refractivity contribution >= 4 is 5.91 Å². The molecule has 1 aromatic carbocycles. The van der Waals surface area contributed by atoms with Crippen LogP contribution < -0.4 is 0 Å². The second-order valence-corrected chi connectivity index (χ2v) is 8.32. The van der Waals surface area contributed by atoms with Crippen molar-refractivity contribution in [3.05, 3.63) is 65.5 Å². The third-order valence-corrected chi connectivity index (χ3v) is 6.85. The lowest BCUT2D eigenvalue weighted by Gasteiger charge is -2.46. The number of hydrogen-bond acceptors (Lipinski definition) is 3. The summed E-state index contributed by atoms with van der Waals surface area (Å²) < 4.78 is 0. The molecule has 2 bridgehead atoms. The number of hydrogen-bond donors (Lipinski definition) is 0. The number of piperidine rings is 3. The molecular weight excluding hydrogens is 334 g/mol. The summed E-state index contributed by atoms with van der Waals surface area (Å²) in [6.07, 6.45) is 7.86. The molecule has 0 spiro atoms. The van der Waals surface area contributed by atoms with E-state index in [1.807, 2.05) is 12.4 Å². The number of amides is 1. The van der Waals surface area contributed by atoms with Crippen LogP contribution in [0.15, 0.2) is 48.8 Å². The fourth-order valence-corrected chi connectivity index (χ4v) is 5.40. The van der Waals surface area contributed by atoms with Crippen LogP contribution in [-0.2, 0) is 11.2 Å². The predicted octanol–water partition coefficient (Wildman–Crippen LogP) is 3.29. The minimum Gasteiger partial charge on any atom is -0.331 e. The number of benzene rings is 1. The minimum absolute atomic E-state index is 0.0199. The molecule has 1 aromatic heterocycles. The van der Waals surface area contributed by atoms with Crippen molar-refractivity contribution in [2.45, 2.75) is 31.7 Å². The average molecular weight is 361 g/mol. The zero-order valence-electron chi connectivity index (χ0n) is 15.8. The smallest absolute Gasteiger partial charge is 0.223 e. The van der Waals surface area contributed by atoms with E-state index in [0.717, 1.165) is 25.4 Å². The van der Waals surface area contributed by atoms with Crippen LogP contribution in [0.2, 0.25) is 0 Å². The molecule has 27 heavy (non-hydrogen) atoms. The Bertz CT molecular complexity index is 813. The molecule has 3 fully saturated rings. The van der Waals surface area contributed by atoms with Gasteiger partial charge in [-0.3, -0.25) is 9.78 Å². The fraction of sp³-hybridized carbons (Fsp3) is 0.478. The topological polar surface area (TPSA) is 36.4 Å². The molecule has 4 heteroatoms. The van der Waals surface area contributed by atoms with E-state index in [0.29, 0.717) is 18.2 Å². The zero-order chi connectivity index (χ0) is 18.2. The molecule has 4 aliphatic heterocycles. The summed E-state index contributed by atoms with van der Waals surface area (Å²) in [5, 5.41) is 0. The molecule has 5 heterocycles. The molecule has 3 saturated heterocycles. The van der Waals surface area contributed by atoms with Crippen LogP contribution in [-0.4, -0.2) is 46.9 Å². The van der Waals surface area contributed by atoms with E-state index < -0.39 is 0 Å². The lowest BCUT2D eigenvalue weighted by molar-refractivity contribution is -0.136. The van der Waals surface area contributed by atoms with Gasteiger partial charge in [-0.05, 0) is 73.0 Å². The standard InChI is InChI=1S/C23H27N3O/c27-22(15-20-16-25-12-7-17(20)8-13-25)26-14-9-18-3-1-2-4-21(18)23(26)19-5-10-24-11-6-19/h1-6,10-11,17,20,23H,7-9,12-16H2/t20-,23+/m1/s1. The Morgan fingerprint density at radius 1 is 1.04 bits per heavy atom. The predicted molar refractivity (Wildman–Crippen MR) is 105 cm³/mol. The summed E-state index contributed by atoms with van der Waals surface area (Å²) in [5.41, 5.74) is 3.81. The number of carbonyl (C=O) groups excluding carboxylic acids is 1. The van der Waals surface area contributed by atoms with Gasteiger partial charge in [-0.25, -0.2) is 0 Å². The van der Waals surface area contributed by atoms with Gasteiger partial charge in [0.2, 0.25) is 5.91 Å². The van der Waals surface area contributed by atoms with E-state index in [-0.39, 0.29) is 6.04 Å². The maximum absolute atomic E-state index is 13.4. The number of fused-ring (bicyclic) bond motifs is 4. The average Bonchev–Trinajstić information content (AvgIpc) is 2.74. The highest BCUT2D eigenvalue weighted by molar-refractivity contribution is 5.78. The quantitative estimate of drug-likeness (QED) is 0.842. The van der Waals surface area contributed by atoms with Crippen molar-refractivity contribution in [2.75, 3.05) is 26.2 Å². The monoisotopic (exact) mass is 361 g/mol. The van der Waals surface area contributed by atoms with Crippen LogP contribution in [0.3, 0.4) is 0 Å². The van der Waals surface area contributed by atoms with Crippen molar-refractivity contribution in [3.63, 3.8) is 0 Å². The van der Waals surface area contributed by atoms with Gasteiger partial charge in [0, 0.05) is 31.9 Å². The Morgan fingerprint density at radius 2 is 1.81 bits per heavy atom. The van der Waals surface area contributed by atoms with Gasteiger partial charge in [0.15, 0.2) is 0 Å². The molecule has 2 aromatic rings. The molecular formula is C23H27N3O. The number of rotatable bonds is 3. The Labute approximate surface area is 161 Å². The van der Waals surface area contributed by atoms with E-state index in [1.54, 1.807) is 0 Å². The van der Waals surface area contributed by atoms with Gasteiger partial charge in [-0.1, -0.05) is 24.3 Å². The highest BCUT2D eigenvalue weighted by Crippen LogP contribution is 2.38. The highest BCUT2D eigenvalue weighted by Gasteiger charge is 2.38. The Morgan fingerprint density at radius 3 is 2.56 bits per heavy atom. The van der Waals surface area contributed by atoms with Gasteiger partial charge < -0.3 is 9.80 Å². The van der Waals surface area contributed by atoms with E-state index in [9.17, 15) is 4.79 Å². The first-order valence-electron chi connectivity index (χ1n) is 10.3. The Hall–Kier alpha value is -2.20. The lowest BCUT2D eigenvalue weighted by Crippen LogP contribution is -2.49. The number of nitrogens with zero attached hydrogens (tertiary/aromatic N) is 3. The molecule has 0 aliphatic carbocycles. The highest BCUT2D eigenvalue weighted by atomic mass is 16.2. The van der Waals surface area contributed by atoms with E-state index >= 15 is 0 Å². The van der Waals surface area contributed by atoms with Crippen molar-refractivity contribution in [1.29, 1.82) is 0 Å². The Balaban J connectivity index is 1.43. The summed E-state index contributed by atoms with van der Waals surface area (Å²) in [4.78, 5) is 22.3. The largest absolute Gasteiger partial charge is 0.331 e. The summed E-state index contributed by atoms with van der Waals surface area (Å²) in [5.74, 6) is 1.61. The van der Waals surface area contributed by atoms with Crippen molar-refractivity contribution in [2.24, 2.45) is 11.8 Å². The zero-order valence-corrected chi connectivity index (χ0v) is 15.8. The van der Waals surface area contributed by atoms with Crippen LogP contribution in [0.1, 0.15) is 42.0 Å². The molecule has 1 amide bonds. The third kappa shape index (κ3) is 3.16. The van der Waals surface area contributed by atoms with Gasteiger partial charge in [-0.2, -0.15) is 0 Å². The van der Waals surface area contributed by atoms with Crippen LogP contribution in [0.25, 0.3) is 0 Å².